The lowest BCUT2D eigenvalue weighted by Crippen LogP contribution is -2.22. The zero-order valence-electron chi connectivity index (χ0n) is 14.5. The maximum Gasteiger partial charge on any atom is 0.227 e. The monoisotopic (exact) mass is 339 g/mol. The topological polar surface area (TPSA) is 76.2 Å². The lowest BCUT2D eigenvalue weighted by Gasteiger charge is -2.14. The number of amides is 1. The first-order chi connectivity index (χ1) is 12.1. The second kappa shape index (κ2) is 7.25. The van der Waals surface area contributed by atoms with Crippen molar-refractivity contribution in [1.29, 1.82) is 0 Å². The highest BCUT2D eigenvalue weighted by molar-refractivity contribution is 6.00. The molecule has 1 unspecified atom stereocenters. The third-order valence-electron chi connectivity index (χ3n) is 4.15. The highest BCUT2D eigenvalue weighted by atomic mass is 16.5. The van der Waals surface area contributed by atoms with E-state index < -0.39 is 0 Å². The molecule has 0 spiro atoms. The van der Waals surface area contributed by atoms with E-state index in [4.69, 9.17) is 9.47 Å². The molecule has 3 rings (SSSR count). The van der Waals surface area contributed by atoms with Crippen LogP contribution in [0, 0.1) is 5.92 Å². The van der Waals surface area contributed by atoms with Gasteiger partial charge < -0.3 is 19.8 Å². The molecule has 0 fully saturated rings. The third kappa shape index (κ3) is 3.57. The molecule has 0 saturated carbocycles. The Balaban J connectivity index is 1.71. The van der Waals surface area contributed by atoms with Gasteiger partial charge in [-0.1, -0.05) is 19.1 Å². The van der Waals surface area contributed by atoms with E-state index in [1.807, 2.05) is 43.3 Å². The minimum absolute atomic E-state index is 0.0507. The van der Waals surface area contributed by atoms with Crippen LogP contribution in [0.4, 0.5) is 5.69 Å². The number of benzene rings is 2. The molecule has 6 heteroatoms. The van der Waals surface area contributed by atoms with Crippen molar-refractivity contribution < 1.29 is 14.3 Å². The number of anilines is 1. The molecule has 25 heavy (non-hydrogen) atoms. The SMILES string of the molecule is COc1ccc(CC(C)C(=O)Nc2cccc3[nH]cnc23)cc1OC. The molecule has 3 aromatic rings. The predicted molar refractivity (Wildman–Crippen MR) is 97.1 cm³/mol. The second-order valence-corrected chi connectivity index (χ2v) is 5.89. The number of aromatic nitrogens is 2. The number of ether oxygens (including phenoxy) is 2. The van der Waals surface area contributed by atoms with Crippen molar-refractivity contribution in [1.82, 2.24) is 9.97 Å². The van der Waals surface area contributed by atoms with Gasteiger partial charge in [-0.05, 0) is 36.2 Å². The summed E-state index contributed by atoms with van der Waals surface area (Å²) in [6.45, 7) is 1.90. The van der Waals surface area contributed by atoms with Gasteiger partial charge in [-0.15, -0.1) is 0 Å². The molecule has 1 heterocycles. The van der Waals surface area contributed by atoms with Gasteiger partial charge in [0.2, 0.25) is 5.91 Å². The van der Waals surface area contributed by atoms with Crippen molar-refractivity contribution in [3.05, 3.63) is 48.3 Å². The minimum atomic E-state index is -0.202. The van der Waals surface area contributed by atoms with Crippen LogP contribution in [-0.2, 0) is 11.2 Å². The first-order valence-corrected chi connectivity index (χ1v) is 8.06. The summed E-state index contributed by atoms with van der Waals surface area (Å²) in [6, 6.07) is 11.4. The van der Waals surface area contributed by atoms with Gasteiger partial charge in [-0.2, -0.15) is 0 Å². The molecule has 6 nitrogen and oxygen atoms in total. The summed E-state index contributed by atoms with van der Waals surface area (Å²) in [4.78, 5) is 19.8. The highest BCUT2D eigenvalue weighted by Gasteiger charge is 2.16. The lowest BCUT2D eigenvalue weighted by atomic mass is 9.99. The van der Waals surface area contributed by atoms with Crippen molar-refractivity contribution in [2.24, 2.45) is 5.92 Å². The lowest BCUT2D eigenvalue weighted by molar-refractivity contribution is -0.119. The smallest absolute Gasteiger partial charge is 0.227 e. The molecule has 130 valence electrons. The van der Waals surface area contributed by atoms with Crippen LogP contribution >= 0.6 is 0 Å². The van der Waals surface area contributed by atoms with E-state index in [1.54, 1.807) is 20.5 Å². The van der Waals surface area contributed by atoms with Gasteiger partial charge in [0.25, 0.3) is 0 Å². The summed E-state index contributed by atoms with van der Waals surface area (Å²) < 4.78 is 10.6. The fourth-order valence-corrected chi connectivity index (χ4v) is 2.78. The zero-order valence-corrected chi connectivity index (χ0v) is 14.5. The summed E-state index contributed by atoms with van der Waals surface area (Å²) in [5.41, 5.74) is 3.38. The maximum absolute atomic E-state index is 12.6. The van der Waals surface area contributed by atoms with E-state index in [0.717, 1.165) is 16.6 Å². The first-order valence-electron chi connectivity index (χ1n) is 8.06. The van der Waals surface area contributed by atoms with Crippen LogP contribution in [0.5, 0.6) is 11.5 Å². The average molecular weight is 339 g/mol. The van der Waals surface area contributed by atoms with E-state index in [9.17, 15) is 4.79 Å². The number of hydrogen-bond donors (Lipinski definition) is 2. The van der Waals surface area contributed by atoms with E-state index in [2.05, 4.69) is 15.3 Å². The van der Waals surface area contributed by atoms with Gasteiger partial charge >= 0.3 is 0 Å². The van der Waals surface area contributed by atoms with Gasteiger partial charge in [0.1, 0.15) is 5.52 Å². The van der Waals surface area contributed by atoms with Crippen LogP contribution < -0.4 is 14.8 Å². The van der Waals surface area contributed by atoms with Gasteiger partial charge in [-0.3, -0.25) is 4.79 Å². The van der Waals surface area contributed by atoms with E-state index >= 15 is 0 Å². The molecule has 0 aliphatic rings. The van der Waals surface area contributed by atoms with Gasteiger partial charge in [-0.25, -0.2) is 4.98 Å². The summed E-state index contributed by atoms with van der Waals surface area (Å²) in [7, 11) is 3.20. The Hall–Kier alpha value is -3.02. The summed E-state index contributed by atoms with van der Waals surface area (Å²) in [5, 5.41) is 2.96. The molecule has 1 amide bonds. The number of rotatable bonds is 6. The van der Waals surface area contributed by atoms with Gasteiger partial charge in [0, 0.05) is 5.92 Å². The Morgan fingerprint density at radius 2 is 2.00 bits per heavy atom. The second-order valence-electron chi connectivity index (χ2n) is 5.89. The number of hydrogen-bond acceptors (Lipinski definition) is 4. The summed E-state index contributed by atoms with van der Waals surface area (Å²) in [6.07, 6.45) is 2.22. The largest absolute Gasteiger partial charge is 0.493 e. The molecular weight excluding hydrogens is 318 g/mol. The fraction of sp³-hybridized carbons (Fsp3) is 0.263. The summed E-state index contributed by atoms with van der Waals surface area (Å²) >= 11 is 0. The van der Waals surface area contributed by atoms with E-state index in [-0.39, 0.29) is 11.8 Å². The number of fused-ring (bicyclic) bond motifs is 1. The van der Waals surface area contributed by atoms with E-state index in [1.165, 1.54) is 0 Å². The van der Waals surface area contributed by atoms with Crippen LogP contribution in [0.3, 0.4) is 0 Å². The van der Waals surface area contributed by atoms with Crippen LogP contribution in [0.25, 0.3) is 11.0 Å². The Morgan fingerprint density at radius 1 is 1.20 bits per heavy atom. The molecule has 2 aromatic carbocycles. The van der Waals surface area contributed by atoms with Crippen LogP contribution in [-0.4, -0.2) is 30.1 Å². The van der Waals surface area contributed by atoms with Crippen LogP contribution in [0.2, 0.25) is 0 Å². The van der Waals surface area contributed by atoms with Crippen LogP contribution in [0.15, 0.2) is 42.7 Å². The van der Waals surface area contributed by atoms with Crippen molar-refractivity contribution in [3.8, 4) is 11.5 Å². The Kier molecular flexibility index (Phi) is 4.88. The quantitative estimate of drug-likeness (QED) is 0.722. The Morgan fingerprint density at radius 3 is 2.76 bits per heavy atom. The third-order valence-corrected chi connectivity index (χ3v) is 4.15. The highest BCUT2D eigenvalue weighted by Crippen LogP contribution is 2.28. The van der Waals surface area contributed by atoms with Crippen molar-refractivity contribution in [3.63, 3.8) is 0 Å². The fourth-order valence-electron chi connectivity index (χ4n) is 2.78. The number of imidazole rings is 1. The Labute approximate surface area is 146 Å². The molecule has 2 N–H and O–H groups in total. The Bertz CT molecular complexity index is 889. The van der Waals surface area contributed by atoms with Crippen LogP contribution in [0.1, 0.15) is 12.5 Å². The number of H-pyrrole nitrogens is 1. The zero-order chi connectivity index (χ0) is 17.8. The number of nitrogens with one attached hydrogen (secondary N) is 2. The summed E-state index contributed by atoms with van der Waals surface area (Å²) in [5.74, 6) is 1.08. The first kappa shape index (κ1) is 16.8. The molecule has 1 aromatic heterocycles. The van der Waals surface area contributed by atoms with E-state index in [0.29, 0.717) is 23.6 Å². The number of aromatic amines is 1. The number of para-hydroxylation sites is 1. The molecular formula is C19H21N3O3. The molecule has 0 saturated heterocycles. The standard InChI is InChI=1S/C19H21N3O3/c1-12(9-13-7-8-16(24-2)17(10-13)25-3)19(23)22-15-6-4-5-14-18(15)21-11-20-14/h4-8,10-12H,9H2,1-3H3,(H,20,21)(H,22,23). The molecule has 0 radical (unpaired) electrons. The number of carbonyl (C=O) groups is 1. The number of methoxy groups -OCH3 is 2. The molecule has 0 aliphatic carbocycles. The number of nitrogens with zero attached hydrogens (tertiary/aromatic N) is 1. The maximum atomic E-state index is 12.6. The normalized spacial score (nSPS) is 12.0. The van der Waals surface area contributed by atoms with Gasteiger partial charge in [0.15, 0.2) is 11.5 Å². The van der Waals surface area contributed by atoms with Crippen molar-refractivity contribution >= 4 is 22.6 Å². The molecule has 0 bridgehead atoms. The minimum Gasteiger partial charge on any atom is -0.493 e. The van der Waals surface area contributed by atoms with Crippen molar-refractivity contribution in [2.45, 2.75) is 13.3 Å². The molecule has 1 atom stereocenters. The number of carbonyl (C=O) groups excluding carboxylic acids is 1. The average Bonchev–Trinajstić information content (AvgIpc) is 3.11. The van der Waals surface area contributed by atoms with Crippen molar-refractivity contribution in [2.75, 3.05) is 19.5 Å². The predicted octanol–water partition coefficient (Wildman–Crippen LogP) is 3.40. The van der Waals surface area contributed by atoms with Gasteiger partial charge in [0.05, 0.1) is 31.8 Å². The molecule has 0 aliphatic heterocycles.